The molecule has 1 saturated carbocycles. The van der Waals surface area contributed by atoms with E-state index in [1.54, 1.807) is 24.3 Å². The molecule has 1 aliphatic carbocycles. The lowest BCUT2D eigenvalue weighted by Crippen LogP contribution is -2.37. The van der Waals surface area contributed by atoms with Crippen LogP contribution in [0, 0.1) is 5.92 Å². The fourth-order valence-electron chi connectivity index (χ4n) is 5.05. The van der Waals surface area contributed by atoms with Crippen LogP contribution in [0.4, 0.5) is 14.7 Å². The number of rotatable bonds is 7. The van der Waals surface area contributed by atoms with Gasteiger partial charge in [-0.3, -0.25) is 4.57 Å². The molecule has 1 aromatic carbocycles. The average Bonchev–Trinajstić information content (AvgIpc) is 3.26. The van der Waals surface area contributed by atoms with Gasteiger partial charge in [-0.2, -0.15) is 15.0 Å². The van der Waals surface area contributed by atoms with E-state index in [1.165, 1.54) is 4.57 Å². The highest BCUT2D eigenvalue weighted by atomic mass is 19.3. The molecule has 3 heterocycles. The molecule has 8 nitrogen and oxygen atoms in total. The van der Waals surface area contributed by atoms with E-state index in [-0.39, 0.29) is 11.8 Å². The summed E-state index contributed by atoms with van der Waals surface area (Å²) in [7, 11) is 0. The number of halogens is 2. The van der Waals surface area contributed by atoms with Gasteiger partial charge in [0, 0.05) is 19.5 Å². The standard InChI is InChI=1S/C25H32F2N6O2/c1-25(34)11-9-17(10-12-25)5-4-8-20-29-23(32-13-15-35-16-14-32)31-24(30-20)33-19-7-3-2-6-18(19)28-22(33)21(26)27/h2-3,6-7,17,21,34H,4-5,8-16H2,1H3/t17-,25+. The van der Waals surface area contributed by atoms with E-state index in [1.807, 2.05) is 11.8 Å². The number of morpholine rings is 1. The molecule has 188 valence electrons. The van der Waals surface area contributed by atoms with Crippen molar-refractivity contribution in [1.82, 2.24) is 24.5 Å². The molecule has 35 heavy (non-hydrogen) atoms. The number of aliphatic hydroxyl groups is 1. The molecule has 0 radical (unpaired) electrons. The minimum Gasteiger partial charge on any atom is -0.390 e. The zero-order chi connectivity index (χ0) is 24.4. The molecule has 2 aromatic heterocycles. The van der Waals surface area contributed by atoms with Gasteiger partial charge >= 0.3 is 0 Å². The fraction of sp³-hybridized carbons (Fsp3) is 0.600. The Balaban J connectivity index is 1.44. The predicted molar refractivity (Wildman–Crippen MR) is 128 cm³/mol. The SMILES string of the molecule is C[C@]1(O)CC[C@@H](CCCc2nc(N3CCOCC3)nc(-n3c(C(F)F)nc4ccccc43)n2)CC1. The quantitative estimate of drug-likeness (QED) is 0.534. The molecule has 0 unspecified atom stereocenters. The number of nitrogens with zero attached hydrogens (tertiary/aromatic N) is 6. The molecular formula is C25H32F2N6O2. The highest BCUT2D eigenvalue weighted by molar-refractivity contribution is 5.77. The van der Waals surface area contributed by atoms with Crippen molar-refractivity contribution in [3.8, 4) is 5.95 Å². The van der Waals surface area contributed by atoms with E-state index >= 15 is 0 Å². The molecule has 1 aliphatic heterocycles. The van der Waals surface area contributed by atoms with Crippen molar-refractivity contribution in [1.29, 1.82) is 0 Å². The van der Waals surface area contributed by atoms with Crippen LogP contribution in [0.5, 0.6) is 0 Å². The summed E-state index contributed by atoms with van der Waals surface area (Å²) in [6.07, 6.45) is 3.50. The van der Waals surface area contributed by atoms with Crippen molar-refractivity contribution >= 4 is 17.0 Å². The summed E-state index contributed by atoms with van der Waals surface area (Å²) in [4.78, 5) is 20.1. The second-order valence-electron chi connectivity index (χ2n) is 9.88. The third-order valence-corrected chi connectivity index (χ3v) is 7.13. The zero-order valence-corrected chi connectivity index (χ0v) is 20.0. The normalized spacial score (nSPS) is 23.3. The molecule has 1 N–H and O–H groups in total. The van der Waals surface area contributed by atoms with Gasteiger partial charge in [0.15, 0.2) is 5.82 Å². The highest BCUT2D eigenvalue weighted by Crippen LogP contribution is 2.34. The molecule has 0 bridgehead atoms. The first-order chi connectivity index (χ1) is 16.9. The number of aryl methyl sites for hydroxylation is 1. The number of para-hydroxylation sites is 2. The summed E-state index contributed by atoms with van der Waals surface area (Å²) in [5.41, 5.74) is 0.482. The topological polar surface area (TPSA) is 89.2 Å². The average molecular weight is 487 g/mol. The molecule has 0 atom stereocenters. The van der Waals surface area contributed by atoms with Gasteiger partial charge < -0.3 is 14.7 Å². The maximum atomic E-state index is 14.0. The van der Waals surface area contributed by atoms with Gasteiger partial charge in [-0.1, -0.05) is 18.6 Å². The van der Waals surface area contributed by atoms with Gasteiger partial charge in [0.2, 0.25) is 11.9 Å². The van der Waals surface area contributed by atoms with E-state index in [4.69, 9.17) is 9.72 Å². The Bertz CT molecular complexity index is 1150. The Morgan fingerprint density at radius 2 is 1.77 bits per heavy atom. The first-order valence-corrected chi connectivity index (χ1v) is 12.5. The zero-order valence-electron chi connectivity index (χ0n) is 20.0. The number of ether oxygens (including phenoxy) is 1. The van der Waals surface area contributed by atoms with Crippen LogP contribution >= 0.6 is 0 Å². The fourth-order valence-corrected chi connectivity index (χ4v) is 5.05. The maximum absolute atomic E-state index is 14.0. The Labute approximate surface area is 203 Å². The van der Waals surface area contributed by atoms with Crippen LogP contribution in [0.2, 0.25) is 0 Å². The molecule has 2 fully saturated rings. The van der Waals surface area contributed by atoms with Crippen LogP contribution in [-0.2, 0) is 11.2 Å². The summed E-state index contributed by atoms with van der Waals surface area (Å²) < 4.78 is 34.8. The van der Waals surface area contributed by atoms with E-state index in [9.17, 15) is 13.9 Å². The van der Waals surface area contributed by atoms with Crippen molar-refractivity contribution in [2.75, 3.05) is 31.2 Å². The second-order valence-corrected chi connectivity index (χ2v) is 9.88. The minimum atomic E-state index is -2.77. The number of hydrogen-bond acceptors (Lipinski definition) is 7. The lowest BCUT2D eigenvalue weighted by atomic mass is 9.78. The summed E-state index contributed by atoms with van der Waals surface area (Å²) >= 11 is 0. The summed E-state index contributed by atoms with van der Waals surface area (Å²) in [6.45, 7) is 4.32. The lowest BCUT2D eigenvalue weighted by molar-refractivity contribution is 0.00672. The Hall–Kier alpha value is -2.72. The smallest absolute Gasteiger partial charge is 0.296 e. The van der Waals surface area contributed by atoms with E-state index in [0.29, 0.717) is 61.4 Å². The molecule has 0 amide bonds. The van der Waals surface area contributed by atoms with Crippen molar-refractivity contribution in [3.05, 3.63) is 35.9 Å². The second kappa shape index (κ2) is 10.1. The molecule has 10 heteroatoms. The maximum Gasteiger partial charge on any atom is 0.296 e. The molecule has 5 rings (SSSR count). The predicted octanol–water partition coefficient (Wildman–Crippen LogP) is 4.25. The third-order valence-electron chi connectivity index (χ3n) is 7.13. The number of aromatic nitrogens is 5. The summed E-state index contributed by atoms with van der Waals surface area (Å²) in [6, 6.07) is 7.04. The Morgan fingerprint density at radius 1 is 1.06 bits per heavy atom. The number of hydrogen-bond donors (Lipinski definition) is 1. The van der Waals surface area contributed by atoms with E-state index < -0.39 is 12.0 Å². The molecule has 2 aliphatic rings. The van der Waals surface area contributed by atoms with Gasteiger partial charge in [-0.05, 0) is 57.1 Å². The number of fused-ring (bicyclic) bond motifs is 1. The Kier molecular flexibility index (Phi) is 6.93. The van der Waals surface area contributed by atoms with E-state index in [2.05, 4.69) is 15.0 Å². The van der Waals surface area contributed by atoms with Crippen LogP contribution in [0.15, 0.2) is 24.3 Å². The summed E-state index contributed by atoms with van der Waals surface area (Å²) in [5, 5.41) is 10.2. The van der Waals surface area contributed by atoms with Gasteiger partial charge in [0.05, 0.1) is 29.8 Å². The monoisotopic (exact) mass is 486 g/mol. The third kappa shape index (κ3) is 5.43. The van der Waals surface area contributed by atoms with Gasteiger partial charge in [0.1, 0.15) is 5.82 Å². The molecule has 1 saturated heterocycles. The van der Waals surface area contributed by atoms with Crippen molar-refractivity contribution < 1.29 is 18.6 Å². The van der Waals surface area contributed by atoms with Crippen molar-refractivity contribution in [2.24, 2.45) is 5.92 Å². The van der Waals surface area contributed by atoms with E-state index in [0.717, 1.165) is 38.5 Å². The summed E-state index contributed by atoms with van der Waals surface area (Å²) in [5.74, 6) is 1.47. The first-order valence-electron chi connectivity index (χ1n) is 12.5. The van der Waals surface area contributed by atoms with Gasteiger partial charge in [-0.25, -0.2) is 13.8 Å². The number of benzene rings is 1. The molecular weight excluding hydrogens is 454 g/mol. The highest BCUT2D eigenvalue weighted by Gasteiger charge is 2.28. The first kappa shape index (κ1) is 24.0. The largest absolute Gasteiger partial charge is 0.390 e. The van der Waals surface area contributed by atoms with Crippen LogP contribution in [-0.4, -0.2) is 61.5 Å². The minimum absolute atomic E-state index is 0.175. The van der Waals surface area contributed by atoms with Gasteiger partial charge in [0.25, 0.3) is 6.43 Å². The molecule has 3 aromatic rings. The van der Waals surface area contributed by atoms with Crippen molar-refractivity contribution in [2.45, 2.75) is 63.9 Å². The van der Waals surface area contributed by atoms with Crippen LogP contribution < -0.4 is 4.90 Å². The number of alkyl halides is 2. The number of anilines is 1. The van der Waals surface area contributed by atoms with Crippen LogP contribution in [0.1, 0.15) is 63.5 Å². The van der Waals surface area contributed by atoms with Crippen LogP contribution in [0.3, 0.4) is 0 Å². The number of imidazole rings is 1. The van der Waals surface area contributed by atoms with Crippen molar-refractivity contribution in [3.63, 3.8) is 0 Å². The lowest BCUT2D eigenvalue weighted by Gasteiger charge is -2.33. The Morgan fingerprint density at radius 3 is 2.51 bits per heavy atom. The van der Waals surface area contributed by atoms with Crippen LogP contribution in [0.25, 0.3) is 17.0 Å². The molecule has 0 spiro atoms. The van der Waals surface area contributed by atoms with Gasteiger partial charge in [-0.15, -0.1) is 0 Å².